The van der Waals surface area contributed by atoms with Gasteiger partial charge < -0.3 is 14.2 Å². The number of imidazole rings is 1. The van der Waals surface area contributed by atoms with Gasteiger partial charge in [-0.3, -0.25) is 4.79 Å². The molecule has 0 amide bonds. The second kappa shape index (κ2) is 6.12. The molecule has 0 aliphatic heterocycles. The van der Waals surface area contributed by atoms with Crippen molar-refractivity contribution in [1.29, 1.82) is 0 Å². The van der Waals surface area contributed by atoms with Crippen LogP contribution in [0.4, 0.5) is 0 Å². The monoisotopic (exact) mass is 310 g/mol. The van der Waals surface area contributed by atoms with E-state index < -0.39 is 5.97 Å². The van der Waals surface area contributed by atoms with Crippen LogP contribution in [0.15, 0.2) is 48.8 Å². The third-order valence-corrected chi connectivity index (χ3v) is 3.93. The van der Waals surface area contributed by atoms with E-state index in [4.69, 9.17) is 4.74 Å². The van der Waals surface area contributed by atoms with Gasteiger partial charge in [-0.2, -0.15) is 0 Å². The first-order chi connectivity index (χ1) is 11.1. The molecule has 1 atom stereocenters. The highest BCUT2D eigenvalue weighted by atomic mass is 16.5. The van der Waals surface area contributed by atoms with Crippen molar-refractivity contribution in [2.75, 3.05) is 7.11 Å². The lowest BCUT2D eigenvalue weighted by Gasteiger charge is -2.16. The number of rotatable bonds is 5. The van der Waals surface area contributed by atoms with Gasteiger partial charge in [0.2, 0.25) is 0 Å². The van der Waals surface area contributed by atoms with Gasteiger partial charge in [0.15, 0.2) is 0 Å². The zero-order valence-corrected chi connectivity index (χ0v) is 13.1. The summed E-state index contributed by atoms with van der Waals surface area (Å²) >= 11 is 0. The van der Waals surface area contributed by atoms with Crippen LogP contribution in [0.25, 0.3) is 5.65 Å². The minimum absolute atomic E-state index is 0.00512. The summed E-state index contributed by atoms with van der Waals surface area (Å²) in [5, 5.41) is 9.33. The summed E-state index contributed by atoms with van der Waals surface area (Å²) in [6.45, 7) is 2.01. The standard InChI is InChI=1S/C18H18N2O3/c1-12-6-7-20-16(11-19-17(20)8-12)15(10-18(21)22)13-4-3-5-14(9-13)23-2/h3-9,11,15H,10H2,1-2H3,(H,21,22). The molecule has 2 heterocycles. The van der Waals surface area contributed by atoms with Crippen molar-refractivity contribution in [3.8, 4) is 5.75 Å². The summed E-state index contributed by atoms with van der Waals surface area (Å²) in [6.07, 6.45) is 3.68. The second-order valence-electron chi connectivity index (χ2n) is 5.54. The van der Waals surface area contributed by atoms with Crippen molar-refractivity contribution in [3.63, 3.8) is 0 Å². The number of aryl methyl sites for hydroxylation is 1. The van der Waals surface area contributed by atoms with Crippen LogP contribution in [0, 0.1) is 6.92 Å². The summed E-state index contributed by atoms with van der Waals surface area (Å²) in [7, 11) is 1.60. The van der Waals surface area contributed by atoms with Gasteiger partial charge in [-0.1, -0.05) is 12.1 Å². The van der Waals surface area contributed by atoms with E-state index in [1.165, 1.54) is 0 Å². The summed E-state index contributed by atoms with van der Waals surface area (Å²) in [4.78, 5) is 15.8. The van der Waals surface area contributed by atoms with Gasteiger partial charge in [-0.25, -0.2) is 4.98 Å². The number of methoxy groups -OCH3 is 1. The number of benzene rings is 1. The molecule has 5 heteroatoms. The van der Waals surface area contributed by atoms with Crippen molar-refractivity contribution in [2.45, 2.75) is 19.3 Å². The first kappa shape index (κ1) is 15.1. The van der Waals surface area contributed by atoms with E-state index in [2.05, 4.69) is 4.98 Å². The molecule has 1 unspecified atom stereocenters. The molecular weight excluding hydrogens is 292 g/mol. The number of hydrogen-bond donors (Lipinski definition) is 1. The summed E-state index contributed by atoms with van der Waals surface area (Å²) in [5.41, 5.74) is 3.69. The molecule has 0 bridgehead atoms. The maximum atomic E-state index is 11.4. The van der Waals surface area contributed by atoms with Crippen LogP contribution in [-0.4, -0.2) is 27.6 Å². The lowest BCUT2D eigenvalue weighted by molar-refractivity contribution is -0.137. The van der Waals surface area contributed by atoms with Crippen molar-refractivity contribution < 1.29 is 14.6 Å². The highest BCUT2D eigenvalue weighted by Crippen LogP contribution is 2.31. The van der Waals surface area contributed by atoms with E-state index >= 15 is 0 Å². The van der Waals surface area contributed by atoms with Crippen LogP contribution in [0.1, 0.15) is 29.2 Å². The van der Waals surface area contributed by atoms with Crippen LogP contribution in [-0.2, 0) is 4.79 Å². The summed E-state index contributed by atoms with van der Waals surface area (Å²) in [6, 6.07) is 11.5. The molecule has 0 aliphatic carbocycles. The molecule has 5 nitrogen and oxygen atoms in total. The van der Waals surface area contributed by atoms with E-state index in [-0.39, 0.29) is 12.3 Å². The molecule has 2 aromatic heterocycles. The van der Waals surface area contributed by atoms with Crippen LogP contribution in [0.3, 0.4) is 0 Å². The average molecular weight is 310 g/mol. The van der Waals surface area contributed by atoms with Crippen molar-refractivity contribution >= 4 is 11.6 Å². The predicted molar refractivity (Wildman–Crippen MR) is 87.0 cm³/mol. The molecule has 0 aliphatic rings. The number of carbonyl (C=O) groups is 1. The van der Waals surface area contributed by atoms with E-state index in [1.807, 2.05) is 53.9 Å². The van der Waals surface area contributed by atoms with Crippen LogP contribution >= 0.6 is 0 Å². The zero-order valence-electron chi connectivity index (χ0n) is 13.1. The Morgan fingerprint density at radius 1 is 1.35 bits per heavy atom. The van der Waals surface area contributed by atoms with Crippen molar-refractivity contribution in [3.05, 3.63) is 65.6 Å². The number of pyridine rings is 1. The van der Waals surface area contributed by atoms with E-state index in [1.54, 1.807) is 13.3 Å². The Morgan fingerprint density at radius 3 is 2.91 bits per heavy atom. The molecule has 0 spiro atoms. The van der Waals surface area contributed by atoms with Crippen LogP contribution in [0.5, 0.6) is 5.75 Å². The second-order valence-corrected chi connectivity index (χ2v) is 5.54. The molecule has 0 saturated carbocycles. The van der Waals surface area contributed by atoms with Gasteiger partial charge >= 0.3 is 5.97 Å². The molecule has 118 valence electrons. The van der Waals surface area contributed by atoms with Gasteiger partial charge in [0.25, 0.3) is 0 Å². The van der Waals surface area contributed by atoms with E-state index in [0.29, 0.717) is 5.75 Å². The van der Waals surface area contributed by atoms with Gasteiger partial charge in [0.05, 0.1) is 19.2 Å². The molecule has 0 saturated heterocycles. The summed E-state index contributed by atoms with van der Waals surface area (Å²) in [5.74, 6) is -0.428. The average Bonchev–Trinajstić information content (AvgIpc) is 2.95. The molecule has 3 rings (SSSR count). The van der Waals surface area contributed by atoms with Crippen molar-refractivity contribution in [2.24, 2.45) is 0 Å². The number of carboxylic acids is 1. The number of fused-ring (bicyclic) bond motifs is 1. The van der Waals surface area contributed by atoms with Crippen molar-refractivity contribution in [1.82, 2.24) is 9.38 Å². The zero-order chi connectivity index (χ0) is 16.4. The number of aliphatic carboxylic acids is 1. The highest BCUT2D eigenvalue weighted by molar-refractivity contribution is 5.69. The smallest absolute Gasteiger partial charge is 0.304 e. The fourth-order valence-corrected chi connectivity index (χ4v) is 2.79. The minimum Gasteiger partial charge on any atom is -0.497 e. The Kier molecular flexibility index (Phi) is 4.02. The largest absolute Gasteiger partial charge is 0.497 e. The van der Waals surface area contributed by atoms with Gasteiger partial charge in [0.1, 0.15) is 11.4 Å². The fourth-order valence-electron chi connectivity index (χ4n) is 2.79. The Hall–Kier alpha value is -2.82. The fraction of sp³-hybridized carbons (Fsp3) is 0.222. The Bertz CT molecular complexity index is 854. The maximum Gasteiger partial charge on any atom is 0.304 e. The number of carboxylic acid groups (broad SMARTS) is 1. The molecule has 0 fully saturated rings. The SMILES string of the molecule is COc1cccc(C(CC(=O)O)c2cnc3cc(C)ccn23)c1. The topological polar surface area (TPSA) is 63.8 Å². The Labute approximate surface area is 134 Å². The summed E-state index contributed by atoms with van der Waals surface area (Å²) < 4.78 is 7.21. The Morgan fingerprint density at radius 2 is 2.17 bits per heavy atom. The lowest BCUT2D eigenvalue weighted by atomic mass is 9.92. The third-order valence-electron chi connectivity index (χ3n) is 3.93. The molecule has 1 aromatic carbocycles. The van der Waals surface area contributed by atoms with Crippen LogP contribution in [0.2, 0.25) is 0 Å². The van der Waals surface area contributed by atoms with Gasteiger partial charge in [-0.15, -0.1) is 0 Å². The van der Waals surface area contributed by atoms with Gasteiger partial charge in [-0.05, 0) is 42.3 Å². The normalized spacial score (nSPS) is 12.3. The maximum absolute atomic E-state index is 11.4. The molecule has 3 aromatic rings. The molecular formula is C18H18N2O3. The quantitative estimate of drug-likeness (QED) is 0.785. The predicted octanol–water partition coefficient (Wildman–Crippen LogP) is 3.26. The lowest BCUT2D eigenvalue weighted by Crippen LogP contribution is -2.10. The molecule has 1 N–H and O–H groups in total. The molecule has 0 radical (unpaired) electrons. The van der Waals surface area contributed by atoms with Gasteiger partial charge in [0, 0.05) is 18.3 Å². The third kappa shape index (κ3) is 3.04. The number of ether oxygens (including phenoxy) is 1. The van der Waals surface area contributed by atoms with E-state index in [9.17, 15) is 9.90 Å². The van der Waals surface area contributed by atoms with Crippen LogP contribution < -0.4 is 4.74 Å². The first-order valence-electron chi connectivity index (χ1n) is 7.38. The minimum atomic E-state index is -0.847. The number of nitrogens with zero attached hydrogens (tertiary/aromatic N) is 2. The number of aromatic nitrogens is 2. The number of hydrogen-bond acceptors (Lipinski definition) is 3. The Balaban J connectivity index is 2.12. The first-order valence-corrected chi connectivity index (χ1v) is 7.38. The highest BCUT2D eigenvalue weighted by Gasteiger charge is 2.22. The van der Waals surface area contributed by atoms with E-state index in [0.717, 1.165) is 22.5 Å². The molecule has 23 heavy (non-hydrogen) atoms.